The topological polar surface area (TPSA) is 35.5 Å². The van der Waals surface area contributed by atoms with Gasteiger partial charge in [-0.05, 0) is 25.8 Å². The summed E-state index contributed by atoms with van der Waals surface area (Å²) < 4.78 is 9.65. The normalized spacial score (nSPS) is 12.8. The van der Waals surface area contributed by atoms with Crippen molar-refractivity contribution >= 4 is 6.16 Å². The number of carbonyl (C=O) groups is 1. The molecule has 13 heavy (non-hydrogen) atoms. The largest absolute Gasteiger partial charge is 0.508 e. The van der Waals surface area contributed by atoms with E-state index in [1.807, 2.05) is 26.0 Å². The van der Waals surface area contributed by atoms with Gasteiger partial charge in [-0.15, -0.1) is 0 Å². The summed E-state index contributed by atoms with van der Waals surface area (Å²) in [6.45, 7) is 6.11. The summed E-state index contributed by atoms with van der Waals surface area (Å²) in [4.78, 5) is 10.9. The van der Waals surface area contributed by atoms with E-state index in [9.17, 15) is 4.79 Å². The van der Waals surface area contributed by atoms with Gasteiger partial charge in [0.2, 0.25) is 0 Å². The van der Waals surface area contributed by atoms with E-state index in [0.717, 1.165) is 12.8 Å². The van der Waals surface area contributed by atoms with E-state index >= 15 is 0 Å². The lowest BCUT2D eigenvalue weighted by Crippen LogP contribution is -2.16. The molecule has 0 heterocycles. The summed E-state index contributed by atoms with van der Waals surface area (Å²) in [7, 11) is 0. The third-order valence-electron chi connectivity index (χ3n) is 1.50. The molecule has 0 bridgehead atoms. The monoisotopic (exact) mass is 186 g/mol. The van der Waals surface area contributed by atoms with Crippen molar-refractivity contribution in [2.75, 3.05) is 6.61 Å². The Labute approximate surface area is 79.7 Å². The smallest absolute Gasteiger partial charge is 0.435 e. The van der Waals surface area contributed by atoms with Gasteiger partial charge in [0, 0.05) is 0 Å². The van der Waals surface area contributed by atoms with Crippen molar-refractivity contribution in [1.82, 2.24) is 0 Å². The number of hydrogen-bond donors (Lipinski definition) is 0. The summed E-state index contributed by atoms with van der Waals surface area (Å²) >= 11 is 0. The van der Waals surface area contributed by atoms with Gasteiger partial charge in [0.1, 0.15) is 6.10 Å². The zero-order chi connectivity index (χ0) is 10.1. The second-order valence-electron chi connectivity index (χ2n) is 2.58. The minimum atomic E-state index is -0.588. The van der Waals surface area contributed by atoms with E-state index in [-0.39, 0.29) is 6.10 Å². The Balaban J connectivity index is 3.82. The molecular formula is C10H18O3. The van der Waals surface area contributed by atoms with Gasteiger partial charge >= 0.3 is 6.16 Å². The predicted molar refractivity (Wildman–Crippen MR) is 51.6 cm³/mol. The Bertz CT molecular complexity index is 164. The van der Waals surface area contributed by atoms with Crippen molar-refractivity contribution in [1.29, 1.82) is 0 Å². The van der Waals surface area contributed by atoms with E-state index in [0.29, 0.717) is 6.61 Å². The highest BCUT2D eigenvalue weighted by atomic mass is 16.7. The van der Waals surface area contributed by atoms with E-state index in [1.54, 1.807) is 6.92 Å². The zero-order valence-electron chi connectivity index (χ0n) is 8.58. The van der Waals surface area contributed by atoms with Crippen LogP contribution in [0.3, 0.4) is 0 Å². The van der Waals surface area contributed by atoms with Crippen molar-refractivity contribution in [3.05, 3.63) is 12.2 Å². The third kappa shape index (κ3) is 6.20. The fourth-order valence-electron chi connectivity index (χ4n) is 0.822. The number of ether oxygens (including phenoxy) is 2. The third-order valence-corrected chi connectivity index (χ3v) is 1.50. The first-order chi connectivity index (χ1) is 6.24. The lowest BCUT2D eigenvalue weighted by molar-refractivity contribution is 0.0395. The predicted octanol–water partition coefficient (Wildman–Crippen LogP) is 2.90. The van der Waals surface area contributed by atoms with Crippen molar-refractivity contribution in [3.63, 3.8) is 0 Å². The molecule has 0 aliphatic carbocycles. The van der Waals surface area contributed by atoms with Crippen molar-refractivity contribution in [2.24, 2.45) is 0 Å². The standard InChI is InChI=1S/C10H18O3/c1-4-7-8-9(5-2)13-10(11)12-6-3/h7-9H,4-6H2,1-3H3/b8-7+/t9-/m0/s1. The van der Waals surface area contributed by atoms with Crippen LogP contribution in [0.5, 0.6) is 0 Å². The molecule has 3 nitrogen and oxygen atoms in total. The molecule has 0 saturated carbocycles. The van der Waals surface area contributed by atoms with Crippen LogP contribution in [0.4, 0.5) is 4.79 Å². The van der Waals surface area contributed by atoms with Crippen LogP contribution in [0, 0.1) is 0 Å². The van der Waals surface area contributed by atoms with Crippen LogP contribution in [0.1, 0.15) is 33.6 Å². The quantitative estimate of drug-likeness (QED) is 0.489. The molecule has 0 rings (SSSR count). The number of hydrogen-bond acceptors (Lipinski definition) is 3. The maximum atomic E-state index is 10.9. The van der Waals surface area contributed by atoms with E-state index < -0.39 is 6.16 Å². The number of allylic oxidation sites excluding steroid dienone is 1. The first-order valence-electron chi connectivity index (χ1n) is 4.74. The van der Waals surface area contributed by atoms with E-state index in [1.165, 1.54) is 0 Å². The van der Waals surface area contributed by atoms with Crippen LogP contribution in [0.15, 0.2) is 12.2 Å². The van der Waals surface area contributed by atoms with Gasteiger partial charge in [-0.3, -0.25) is 0 Å². The Hall–Kier alpha value is -0.990. The molecular weight excluding hydrogens is 168 g/mol. The van der Waals surface area contributed by atoms with Crippen LogP contribution in [-0.4, -0.2) is 18.9 Å². The zero-order valence-corrected chi connectivity index (χ0v) is 8.58. The summed E-state index contributed by atoms with van der Waals surface area (Å²) in [6.07, 6.45) is 4.84. The lowest BCUT2D eigenvalue weighted by atomic mass is 10.2. The second kappa shape index (κ2) is 7.65. The summed E-state index contributed by atoms with van der Waals surface area (Å²) in [5, 5.41) is 0. The Morgan fingerprint density at radius 1 is 1.38 bits per heavy atom. The SMILES string of the molecule is CC/C=C/[C@H](CC)OC(=O)OCC. The minimum Gasteiger partial charge on any atom is -0.435 e. The van der Waals surface area contributed by atoms with Crippen LogP contribution in [0.25, 0.3) is 0 Å². The molecule has 0 amide bonds. The average Bonchev–Trinajstić information content (AvgIpc) is 2.12. The highest BCUT2D eigenvalue weighted by molar-refractivity contribution is 5.60. The Kier molecular flexibility index (Phi) is 7.07. The van der Waals surface area contributed by atoms with Crippen LogP contribution >= 0.6 is 0 Å². The molecule has 0 saturated heterocycles. The van der Waals surface area contributed by atoms with Crippen molar-refractivity contribution in [2.45, 2.75) is 39.7 Å². The molecule has 0 aromatic rings. The van der Waals surface area contributed by atoms with Gasteiger partial charge in [0.05, 0.1) is 6.61 Å². The molecule has 0 unspecified atom stereocenters. The molecule has 0 fully saturated rings. The first kappa shape index (κ1) is 12.0. The fraction of sp³-hybridized carbons (Fsp3) is 0.700. The van der Waals surface area contributed by atoms with Crippen molar-refractivity contribution in [3.8, 4) is 0 Å². The first-order valence-corrected chi connectivity index (χ1v) is 4.74. The van der Waals surface area contributed by atoms with E-state index in [2.05, 4.69) is 4.74 Å². The molecule has 3 heteroatoms. The van der Waals surface area contributed by atoms with Gasteiger partial charge in [-0.25, -0.2) is 4.79 Å². The molecule has 0 radical (unpaired) electrons. The molecule has 0 aliphatic rings. The highest BCUT2D eigenvalue weighted by Gasteiger charge is 2.08. The van der Waals surface area contributed by atoms with Gasteiger partial charge < -0.3 is 9.47 Å². The summed E-state index contributed by atoms with van der Waals surface area (Å²) in [6, 6.07) is 0. The molecule has 0 aromatic carbocycles. The van der Waals surface area contributed by atoms with Crippen LogP contribution < -0.4 is 0 Å². The average molecular weight is 186 g/mol. The lowest BCUT2D eigenvalue weighted by Gasteiger charge is -2.11. The number of carbonyl (C=O) groups excluding carboxylic acids is 1. The molecule has 0 aromatic heterocycles. The molecule has 0 spiro atoms. The van der Waals surface area contributed by atoms with E-state index in [4.69, 9.17) is 4.74 Å². The van der Waals surface area contributed by atoms with Crippen molar-refractivity contribution < 1.29 is 14.3 Å². The maximum Gasteiger partial charge on any atom is 0.508 e. The Morgan fingerprint density at radius 3 is 2.54 bits per heavy atom. The second-order valence-corrected chi connectivity index (χ2v) is 2.58. The van der Waals surface area contributed by atoms with Crippen LogP contribution in [-0.2, 0) is 9.47 Å². The highest BCUT2D eigenvalue weighted by Crippen LogP contribution is 2.02. The minimum absolute atomic E-state index is 0.154. The Morgan fingerprint density at radius 2 is 2.08 bits per heavy atom. The fourth-order valence-corrected chi connectivity index (χ4v) is 0.822. The number of rotatable bonds is 5. The molecule has 76 valence electrons. The molecule has 0 N–H and O–H groups in total. The van der Waals surface area contributed by atoms with Gasteiger partial charge in [-0.1, -0.05) is 19.9 Å². The van der Waals surface area contributed by atoms with Gasteiger partial charge in [-0.2, -0.15) is 0 Å². The van der Waals surface area contributed by atoms with Crippen LogP contribution in [0.2, 0.25) is 0 Å². The molecule has 0 aliphatic heterocycles. The van der Waals surface area contributed by atoms with Gasteiger partial charge in [0.25, 0.3) is 0 Å². The summed E-state index contributed by atoms with van der Waals surface area (Å²) in [5.41, 5.74) is 0. The summed E-state index contributed by atoms with van der Waals surface area (Å²) in [5.74, 6) is 0. The maximum absolute atomic E-state index is 10.9. The molecule has 1 atom stereocenters. The van der Waals surface area contributed by atoms with Gasteiger partial charge in [0.15, 0.2) is 0 Å².